The minimum absolute atomic E-state index is 0.402. The number of nitrogens with zero attached hydrogens (tertiary/aromatic N) is 2. The Bertz CT molecular complexity index is 386. The molecule has 2 rings (SSSR count). The molecule has 1 aliphatic rings. The highest BCUT2D eigenvalue weighted by atomic mass is 16.5. The van der Waals surface area contributed by atoms with Crippen LogP contribution in [0.1, 0.15) is 32.0 Å². The van der Waals surface area contributed by atoms with Crippen LogP contribution >= 0.6 is 0 Å². The number of rotatable bonds is 9. The summed E-state index contributed by atoms with van der Waals surface area (Å²) in [6.45, 7) is 5.25. The number of aryl methyl sites for hydroxylation is 2. The molecule has 4 heteroatoms. The third kappa shape index (κ3) is 4.05. The van der Waals surface area contributed by atoms with Gasteiger partial charge in [-0.05, 0) is 30.6 Å². The second-order valence-electron chi connectivity index (χ2n) is 6.05. The molecule has 0 saturated heterocycles. The van der Waals surface area contributed by atoms with Crippen LogP contribution in [0, 0.1) is 11.3 Å². The van der Waals surface area contributed by atoms with E-state index in [1.165, 1.54) is 25.1 Å². The Hall–Kier alpha value is -0.870. The smallest absolute Gasteiger partial charge is 0.108 e. The van der Waals surface area contributed by atoms with Gasteiger partial charge in [-0.15, -0.1) is 0 Å². The van der Waals surface area contributed by atoms with Crippen LogP contribution < -0.4 is 5.32 Å². The zero-order valence-corrected chi connectivity index (χ0v) is 12.5. The maximum Gasteiger partial charge on any atom is 0.108 e. The summed E-state index contributed by atoms with van der Waals surface area (Å²) in [5.74, 6) is 2.09. The summed E-state index contributed by atoms with van der Waals surface area (Å²) in [7, 11) is 3.83. The Balaban J connectivity index is 1.83. The van der Waals surface area contributed by atoms with Gasteiger partial charge in [0.25, 0.3) is 0 Å². The number of nitrogens with one attached hydrogen (secondary N) is 1. The molecule has 0 aliphatic heterocycles. The van der Waals surface area contributed by atoms with Crippen molar-refractivity contribution in [2.75, 3.05) is 26.8 Å². The fourth-order valence-corrected chi connectivity index (χ4v) is 2.80. The van der Waals surface area contributed by atoms with Gasteiger partial charge < -0.3 is 14.6 Å². The molecule has 0 bridgehead atoms. The first-order chi connectivity index (χ1) is 9.15. The number of methoxy groups -OCH3 is 1. The van der Waals surface area contributed by atoms with Crippen LogP contribution in [0.15, 0.2) is 12.4 Å². The first-order valence-electron chi connectivity index (χ1n) is 7.31. The van der Waals surface area contributed by atoms with E-state index in [-0.39, 0.29) is 0 Å². The standard InChI is InChI=1S/C15H27N3O/c1-15(13-4-5-13,12-16-9-11-19-3)7-6-14-17-8-10-18(14)2/h8,10,13,16H,4-7,9,11-12H2,1-3H3. The fourth-order valence-electron chi connectivity index (χ4n) is 2.80. The molecule has 1 atom stereocenters. The maximum absolute atomic E-state index is 5.09. The van der Waals surface area contributed by atoms with Crippen molar-refractivity contribution in [3.05, 3.63) is 18.2 Å². The van der Waals surface area contributed by atoms with Crippen molar-refractivity contribution in [2.45, 2.75) is 32.6 Å². The van der Waals surface area contributed by atoms with Crippen LogP contribution in [-0.2, 0) is 18.2 Å². The molecule has 1 aromatic rings. The Morgan fingerprint density at radius 1 is 1.53 bits per heavy atom. The number of hydrogen-bond acceptors (Lipinski definition) is 3. The molecule has 1 aliphatic carbocycles. The molecule has 1 unspecified atom stereocenters. The van der Waals surface area contributed by atoms with Crippen molar-refractivity contribution in [2.24, 2.45) is 18.4 Å². The van der Waals surface area contributed by atoms with Gasteiger partial charge >= 0.3 is 0 Å². The first kappa shape index (κ1) is 14.5. The molecule has 0 spiro atoms. The highest BCUT2D eigenvalue weighted by Gasteiger charge is 2.40. The van der Waals surface area contributed by atoms with Crippen LogP contribution in [0.4, 0.5) is 0 Å². The first-order valence-corrected chi connectivity index (χ1v) is 7.31. The lowest BCUT2D eigenvalue weighted by atomic mass is 9.80. The van der Waals surface area contributed by atoms with Gasteiger partial charge in [-0.25, -0.2) is 4.98 Å². The Morgan fingerprint density at radius 2 is 2.32 bits per heavy atom. The van der Waals surface area contributed by atoms with Crippen LogP contribution in [-0.4, -0.2) is 36.4 Å². The van der Waals surface area contributed by atoms with Crippen LogP contribution in [0.25, 0.3) is 0 Å². The Morgan fingerprint density at radius 3 is 2.89 bits per heavy atom. The highest BCUT2D eigenvalue weighted by molar-refractivity contribution is 4.97. The van der Waals surface area contributed by atoms with Gasteiger partial charge in [-0.1, -0.05) is 6.92 Å². The third-order valence-corrected chi connectivity index (χ3v) is 4.42. The normalized spacial score (nSPS) is 18.5. The molecule has 19 heavy (non-hydrogen) atoms. The average molecular weight is 265 g/mol. The fraction of sp³-hybridized carbons (Fsp3) is 0.800. The summed E-state index contributed by atoms with van der Waals surface area (Å²) >= 11 is 0. The van der Waals surface area contributed by atoms with E-state index < -0.39 is 0 Å². The Labute approximate surface area is 116 Å². The van der Waals surface area contributed by atoms with Crippen molar-refractivity contribution >= 4 is 0 Å². The average Bonchev–Trinajstić information content (AvgIpc) is 3.17. The van der Waals surface area contributed by atoms with Crippen molar-refractivity contribution < 1.29 is 4.74 Å². The van der Waals surface area contributed by atoms with Crippen molar-refractivity contribution in [3.8, 4) is 0 Å². The monoisotopic (exact) mass is 265 g/mol. The number of aromatic nitrogens is 2. The molecule has 0 aromatic carbocycles. The lowest BCUT2D eigenvalue weighted by Crippen LogP contribution is -2.36. The van der Waals surface area contributed by atoms with Crippen LogP contribution in [0.2, 0.25) is 0 Å². The Kier molecular flexibility index (Phi) is 4.99. The highest BCUT2D eigenvalue weighted by Crippen LogP contribution is 2.47. The quantitative estimate of drug-likeness (QED) is 0.694. The van der Waals surface area contributed by atoms with Gasteiger partial charge in [0.1, 0.15) is 5.82 Å². The summed E-state index contributed by atoms with van der Waals surface area (Å²) in [5.41, 5.74) is 0.402. The molecular formula is C15H27N3O. The van der Waals surface area contributed by atoms with E-state index in [0.717, 1.165) is 32.0 Å². The van der Waals surface area contributed by atoms with Gasteiger partial charge in [0.15, 0.2) is 0 Å². The van der Waals surface area contributed by atoms with Gasteiger partial charge in [0.05, 0.1) is 6.61 Å². The van der Waals surface area contributed by atoms with Crippen molar-refractivity contribution in [1.82, 2.24) is 14.9 Å². The predicted molar refractivity (Wildman–Crippen MR) is 77.1 cm³/mol. The molecule has 1 N–H and O–H groups in total. The van der Waals surface area contributed by atoms with Gasteiger partial charge in [0.2, 0.25) is 0 Å². The van der Waals surface area contributed by atoms with Crippen molar-refractivity contribution in [3.63, 3.8) is 0 Å². The summed E-state index contributed by atoms with van der Waals surface area (Å²) in [6.07, 6.45) is 8.98. The molecule has 108 valence electrons. The summed E-state index contributed by atoms with van der Waals surface area (Å²) in [4.78, 5) is 4.43. The lowest BCUT2D eigenvalue weighted by Gasteiger charge is -2.30. The molecule has 1 heterocycles. The third-order valence-electron chi connectivity index (χ3n) is 4.42. The van der Waals surface area contributed by atoms with Crippen molar-refractivity contribution in [1.29, 1.82) is 0 Å². The number of imidazole rings is 1. The molecule has 0 amide bonds. The zero-order valence-electron chi connectivity index (χ0n) is 12.5. The largest absolute Gasteiger partial charge is 0.383 e. The van der Waals surface area contributed by atoms with Crippen LogP contribution in [0.3, 0.4) is 0 Å². The van der Waals surface area contributed by atoms with E-state index in [9.17, 15) is 0 Å². The molecule has 0 radical (unpaired) electrons. The zero-order chi connectivity index (χ0) is 13.7. The lowest BCUT2D eigenvalue weighted by molar-refractivity contribution is 0.183. The summed E-state index contributed by atoms with van der Waals surface area (Å²) in [6, 6.07) is 0. The minimum atomic E-state index is 0.402. The molecule has 4 nitrogen and oxygen atoms in total. The van der Waals surface area contributed by atoms with Gasteiger partial charge in [0, 0.05) is 46.1 Å². The van der Waals surface area contributed by atoms with E-state index in [1.54, 1.807) is 7.11 Å². The van der Waals surface area contributed by atoms with E-state index in [4.69, 9.17) is 4.74 Å². The van der Waals surface area contributed by atoms with E-state index >= 15 is 0 Å². The van der Waals surface area contributed by atoms with Crippen LogP contribution in [0.5, 0.6) is 0 Å². The van der Waals surface area contributed by atoms with E-state index in [1.807, 2.05) is 12.4 Å². The SMILES string of the molecule is COCCNCC(C)(CCc1nccn1C)C1CC1. The second kappa shape index (κ2) is 6.53. The maximum atomic E-state index is 5.09. The van der Waals surface area contributed by atoms with Gasteiger partial charge in [-0.2, -0.15) is 0 Å². The van der Waals surface area contributed by atoms with E-state index in [0.29, 0.717) is 5.41 Å². The summed E-state index contributed by atoms with van der Waals surface area (Å²) < 4.78 is 7.22. The number of ether oxygens (including phenoxy) is 1. The van der Waals surface area contributed by atoms with Gasteiger partial charge in [-0.3, -0.25) is 0 Å². The molecule has 1 aromatic heterocycles. The topological polar surface area (TPSA) is 39.1 Å². The molecular weight excluding hydrogens is 238 g/mol. The van der Waals surface area contributed by atoms with E-state index in [2.05, 4.69) is 28.8 Å². The molecule has 1 saturated carbocycles. The predicted octanol–water partition coefficient (Wildman–Crippen LogP) is 2.00. The second-order valence-corrected chi connectivity index (χ2v) is 6.05. The minimum Gasteiger partial charge on any atom is -0.383 e. The molecule has 1 fully saturated rings. The summed E-state index contributed by atoms with van der Waals surface area (Å²) in [5, 5.41) is 3.54. The number of hydrogen-bond donors (Lipinski definition) is 1.